The zero-order valence-electron chi connectivity index (χ0n) is 10.1. The number of hydrogen-bond acceptors (Lipinski definition) is 3. The summed E-state index contributed by atoms with van der Waals surface area (Å²) in [5.74, 6) is 0. The van der Waals surface area contributed by atoms with E-state index in [4.69, 9.17) is 10.5 Å². The minimum atomic E-state index is 0.530. The van der Waals surface area contributed by atoms with Gasteiger partial charge in [-0.3, -0.25) is 0 Å². The van der Waals surface area contributed by atoms with Crippen LogP contribution in [0.1, 0.15) is 39.0 Å². The van der Waals surface area contributed by atoms with E-state index in [1.165, 1.54) is 38.8 Å². The zero-order valence-corrected chi connectivity index (χ0v) is 10.1. The second-order valence-corrected chi connectivity index (χ2v) is 4.41. The third-order valence-corrected chi connectivity index (χ3v) is 3.01. The van der Waals surface area contributed by atoms with Crippen LogP contribution in [0.3, 0.4) is 0 Å². The lowest BCUT2D eigenvalue weighted by atomic mass is 10.1. The number of ether oxygens (including phenoxy) is 1. The molecule has 15 heavy (non-hydrogen) atoms. The summed E-state index contributed by atoms with van der Waals surface area (Å²) in [5.41, 5.74) is 5.54. The molecule has 0 aliphatic carbocycles. The molecule has 1 heterocycles. The predicted molar refractivity (Wildman–Crippen MR) is 64.0 cm³/mol. The maximum atomic E-state index is 5.63. The highest BCUT2D eigenvalue weighted by Gasteiger charge is 2.16. The first-order valence-corrected chi connectivity index (χ1v) is 6.40. The molecule has 1 fully saturated rings. The van der Waals surface area contributed by atoms with Crippen molar-refractivity contribution in [3.05, 3.63) is 0 Å². The highest BCUT2D eigenvalue weighted by atomic mass is 16.5. The Morgan fingerprint density at radius 2 is 2.20 bits per heavy atom. The molecule has 0 aromatic carbocycles. The summed E-state index contributed by atoms with van der Waals surface area (Å²) >= 11 is 0. The average molecular weight is 214 g/mol. The second-order valence-electron chi connectivity index (χ2n) is 4.41. The Morgan fingerprint density at radius 3 is 2.80 bits per heavy atom. The summed E-state index contributed by atoms with van der Waals surface area (Å²) in [6, 6.07) is 0. The number of rotatable bonds is 8. The SMILES string of the molecule is CCCN(CCCN)CCC1CCCO1. The maximum Gasteiger partial charge on any atom is 0.0588 e. The Morgan fingerprint density at radius 1 is 1.33 bits per heavy atom. The van der Waals surface area contributed by atoms with E-state index in [0.29, 0.717) is 6.10 Å². The van der Waals surface area contributed by atoms with E-state index in [2.05, 4.69) is 11.8 Å². The van der Waals surface area contributed by atoms with Crippen molar-refractivity contribution in [2.24, 2.45) is 5.73 Å². The van der Waals surface area contributed by atoms with Gasteiger partial charge in [0.25, 0.3) is 0 Å². The van der Waals surface area contributed by atoms with E-state index < -0.39 is 0 Å². The minimum Gasteiger partial charge on any atom is -0.378 e. The Hall–Kier alpha value is -0.120. The fourth-order valence-electron chi connectivity index (χ4n) is 2.17. The Kier molecular flexibility index (Phi) is 6.98. The molecule has 0 bridgehead atoms. The first-order chi connectivity index (χ1) is 7.36. The van der Waals surface area contributed by atoms with Crippen LogP contribution in [0.2, 0.25) is 0 Å². The molecular formula is C12H26N2O. The van der Waals surface area contributed by atoms with Crippen LogP contribution in [-0.4, -0.2) is 43.8 Å². The number of hydrogen-bond donors (Lipinski definition) is 1. The lowest BCUT2D eigenvalue weighted by molar-refractivity contribution is 0.0918. The zero-order chi connectivity index (χ0) is 10.9. The van der Waals surface area contributed by atoms with Crippen LogP contribution in [0, 0.1) is 0 Å². The van der Waals surface area contributed by atoms with E-state index in [1.807, 2.05) is 0 Å². The van der Waals surface area contributed by atoms with Crippen LogP contribution in [0.5, 0.6) is 0 Å². The Bertz CT molecular complexity index is 147. The molecule has 3 nitrogen and oxygen atoms in total. The van der Waals surface area contributed by atoms with E-state index in [9.17, 15) is 0 Å². The molecule has 0 aromatic heterocycles. The van der Waals surface area contributed by atoms with Crippen molar-refractivity contribution in [3.8, 4) is 0 Å². The molecule has 1 rings (SSSR count). The van der Waals surface area contributed by atoms with Gasteiger partial charge in [-0.1, -0.05) is 6.92 Å². The Balaban J connectivity index is 2.11. The van der Waals surface area contributed by atoms with Crippen molar-refractivity contribution in [3.63, 3.8) is 0 Å². The van der Waals surface area contributed by atoms with Gasteiger partial charge in [-0.15, -0.1) is 0 Å². The van der Waals surface area contributed by atoms with Gasteiger partial charge in [-0.05, 0) is 51.7 Å². The molecule has 0 amide bonds. The van der Waals surface area contributed by atoms with Crippen LogP contribution in [0.25, 0.3) is 0 Å². The van der Waals surface area contributed by atoms with Gasteiger partial charge < -0.3 is 15.4 Å². The lowest BCUT2D eigenvalue weighted by Gasteiger charge is -2.22. The Labute approximate surface area is 94.0 Å². The van der Waals surface area contributed by atoms with Crippen LogP contribution < -0.4 is 5.73 Å². The van der Waals surface area contributed by atoms with Gasteiger partial charge in [-0.2, -0.15) is 0 Å². The van der Waals surface area contributed by atoms with Gasteiger partial charge >= 0.3 is 0 Å². The highest BCUT2D eigenvalue weighted by Crippen LogP contribution is 2.15. The van der Waals surface area contributed by atoms with Crippen molar-refractivity contribution >= 4 is 0 Å². The lowest BCUT2D eigenvalue weighted by Crippen LogP contribution is -2.30. The summed E-state index contributed by atoms with van der Waals surface area (Å²) in [6.07, 6.45) is 6.59. The van der Waals surface area contributed by atoms with Crippen molar-refractivity contribution in [1.82, 2.24) is 4.90 Å². The topological polar surface area (TPSA) is 38.5 Å². The van der Waals surface area contributed by atoms with Crippen molar-refractivity contribution < 1.29 is 4.74 Å². The van der Waals surface area contributed by atoms with Crippen molar-refractivity contribution in [1.29, 1.82) is 0 Å². The quantitative estimate of drug-likeness (QED) is 0.667. The molecule has 0 aromatic rings. The molecule has 3 heteroatoms. The molecular weight excluding hydrogens is 188 g/mol. The smallest absolute Gasteiger partial charge is 0.0588 e. The molecule has 0 spiro atoms. The van der Waals surface area contributed by atoms with E-state index >= 15 is 0 Å². The summed E-state index contributed by atoms with van der Waals surface area (Å²) in [7, 11) is 0. The first-order valence-electron chi connectivity index (χ1n) is 6.40. The minimum absolute atomic E-state index is 0.530. The van der Waals surface area contributed by atoms with Gasteiger partial charge in [0, 0.05) is 13.2 Å². The number of nitrogens with zero attached hydrogens (tertiary/aromatic N) is 1. The van der Waals surface area contributed by atoms with Crippen LogP contribution in [0.15, 0.2) is 0 Å². The summed E-state index contributed by atoms with van der Waals surface area (Å²) in [4.78, 5) is 2.52. The average Bonchev–Trinajstić information content (AvgIpc) is 2.75. The molecule has 90 valence electrons. The summed E-state index contributed by atoms with van der Waals surface area (Å²) in [5, 5.41) is 0. The van der Waals surface area contributed by atoms with Gasteiger partial charge in [0.2, 0.25) is 0 Å². The predicted octanol–water partition coefficient (Wildman–Crippen LogP) is 1.62. The maximum absolute atomic E-state index is 5.63. The molecule has 1 saturated heterocycles. The molecule has 0 saturated carbocycles. The van der Waals surface area contributed by atoms with Crippen LogP contribution >= 0.6 is 0 Å². The van der Waals surface area contributed by atoms with Crippen LogP contribution in [-0.2, 0) is 4.74 Å². The monoisotopic (exact) mass is 214 g/mol. The fourth-order valence-corrected chi connectivity index (χ4v) is 2.17. The third-order valence-electron chi connectivity index (χ3n) is 3.01. The fraction of sp³-hybridized carbons (Fsp3) is 1.00. The van der Waals surface area contributed by atoms with Crippen LogP contribution in [0.4, 0.5) is 0 Å². The molecule has 1 aliphatic heterocycles. The van der Waals surface area contributed by atoms with Gasteiger partial charge in [0.05, 0.1) is 6.10 Å². The summed E-state index contributed by atoms with van der Waals surface area (Å²) < 4.78 is 5.63. The molecule has 0 radical (unpaired) electrons. The molecule has 1 atom stereocenters. The van der Waals surface area contributed by atoms with Gasteiger partial charge in [-0.25, -0.2) is 0 Å². The summed E-state index contributed by atoms with van der Waals surface area (Å²) in [6.45, 7) is 7.55. The van der Waals surface area contributed by atoms with Crippen molar-refractivity contribution in [2.75, 3.05) is 32.8 Å². The largest absolute Gasteiger partial charge is 0.378 e. The van der Waals surface area contributed by atoms with E-state index in [1.54, 1.807) is 0 Å². The first kappa shape index (κ1) is 12.9. The van der Waals surface area contributed by atoms with Crippen molar-refractivity contribution in [2.45, 2.75) is 45.1 Å². The normalized spacial score (nSPS) is 21.4. The van der Waals surface area contributed by atoms with Gasteiger partial charge in [0.1, 0.15) is 0 Å². The third kappa shape index (κ3) is 5.50. The second kappa shape index (κ2) is 8.08. The van der Waals surface area contributed by atoms with E-state index in [-0.39, 0.29) is 0 Å². The highest BCUT2D eigenvalue weighted by molar-refractivity contribution is 4.68. The van der Waals surface area contributed by atoms with Gasteiger partial charge in [0.15, 0.2) is 0 Å². The molecule has 2 N–H and O–H groups in total. The molecule has 1 unspecified atom stereocenters. The number of nitrogens with two attached hydrogens (primary N) is 1. The van der Waals surface area contributed by atoms with E-state index in [0.717, 1.165) is 26.1 Å². The standard InChI is InChI=1S/C12H26N2O/c1-2-8-14(9-4-7-13)10-6-12-5-3-11-15-12/h12H,2-11,13H2,1H3. The molecule has 1 aliphatic rings.